The lowest BCUT2D eigenvalue weighted by atomic mass is 9.78. The molecule has 16 heavy (non-hydrogen) atoms. The second kappa shape index (κ2) is 4.82. The molecule has 0 amide bonds. The number of Topliss-reactive ketones (excluding diaryl/α,β-unsaturated/α-hetero) is 1. The summed E-state index contributed by atoms with van der Waals surface area (Å²) >= 11 is 0. The Hall–Kier alpha value is -1.11. The van der Waals surface area contributed by atoms with Crippen molar-refractivity contribution in [2.75, 3.05) is 0 Å². The number of rotatable bonds is 2. The van der Waals surface area contributed by atoms with Crippen molar-refractivity contribution in [2.45, 2.75) is 39.5 Å². The van der Waals surface area contributed by atoms with Crippen LogP contribution >= 0.6 is 0 Å². The van der Waals surface area contributed by atoms with E-state index < -0.39 is 0 Å². The number of ketones is 1. The van der Waals surface area contributed by atoms with Crippen LogP contribution in [0.25, 0.3) is 0 Å². The smallest absolute Gasteiger partial charge is 0.166 e. The lowest BCUT2D eigenvalue weighted by Gasteiger charge is -2.26. The highest BCUT2D eigenvalue weighted by atomic mass is 16.1. The van der Waals surface area contributed by atoms with Gasteiger partial charge in [-0.1, -0.05) is 44.0 Å². The van der Waals surface area contributed by atoms with E-state index in [9.17, 15) is 4.79 Å². The van der Waals surface area contributed by atoms with Gasteiger partial charge in [-0.25, -0.2) is 0 Å². The summed E-state index contributed by atoms with van der Waals surface area (Å²) in [6, 6.07) is 7.96. The third-order valence-corrected chi connectivity index (χ3v) is 3.72. The summed E-state index contributed by atoms with van der Waals surface area (Å²) in [5, 5.41) is 0. The van der Waals surface area contributed by atoms with Crippen molar-refractivity contribution in [3.63, 3.8) is 0 Å². The Morgan fingerprint density at radius 1 is 1.25 bits per heavy atom. The normalized spacial score (nSPS) is 25.4. The number of carbonyl (C=O) groups is 1. The molecule has 1 aromatic carbocycles. The SMILES string of the molecule is Cc1ccccc1C(=O)[C@@H]1CCC[C@H](C)C1. The zero-order valence-electron chi connectivity index (χ0n) is 10.2. The average molecular weight is 216 g/mol. The van der Waals surface area contributed by atoms with Crippen molar-refractivity contribution in [3.05, 3.63) is 35.4 Å². The Labute approximate surface area is 97.9 Å². The Kier molecular flexibility index (Phi) is 3.42. The molecule has 0 aromatic heterocycles. The molecule has 0 saturated heterocycles. The first-order valence-electron chi connectivity index (χ1n) is 6.28. The fourth-order valence-corrected chi connectivity index (χ4v) is 2.74. The van der Waals surface area contributed by atoms with Gasteiger partial charge in [0.15, 0.2) is 5.78 Å². The standard InChI is InChI=1S/C15H20O/c1-11-6-5-8-13(10-11)15(16)14-9-4-3-7-12(14)2/h3-4,7,9,11,13H,5-6,8,10H2,1-2H3/t11-,13+/m0/s1. The summed E-state index contributed by atoms with van der Waals surface area (Å²) in [7, 11) is 0. The van der Waals surface area contributed by atoms with Gasteiger partial charge in [0.2, 0.25) is 0 Å². The van der Waals surface area contributed by atoms with Crippen molar-refractivity contribution >= 4 is 5.78 Å². The van der Waals surface area contributed by atoms with Crippen LogP contribution < -0.4 is 0 Å². The summed E-state index contributed by atoms with van der Waals surface area (Å²) in [5.74, 6) is 1.35. The molecule has 1 aliphatic carbocycles. The summed E-state index contributed by atoms with van der Waals surface area (Å²) < 4.78 is 0. The molecule has 86 valence electrons. The summed E-state index contributed by atoms with van der Waals surface area (Å²) in [6.07, 6.45) is 4.66. The van der Waals surface area contributed by atoms with Gasteiger partial charge in [-0.3, -0.25) is 4.79 Å². The first-order chi connectivity index (χ1) is 7.68. The van der Waals surface area contributed by atoms with Gasteiger partial charge in [0.25, 0.3) is 0 Å². The van der Waals surface area contributed by atoms with Gasteiger partial charge in [-0.05, 0) is 31.2 Å². The average Bonchev–Trinajstić information content (AvgIpc) is 2.29. The van der Waals surface area contributed by atoms with Crippen molar-refractivity contribution < 1.29 is 4.79 Å². The van der Waals surface area contributed by atoms with Gasteiger partial charge in [-0.2, -0.15) is 0 Å². The molecule has 0 N–H and O–H groups in total. The summed E-state index contributed by atoms with van der Waals surface area (Å²) in [6.45, 7) is 4.29. The fraction of sp³-hybridized carbons (Fsp3) is 0.533. The van der Waals surface area contributed by atoms with Crippen LogP contribution in [-0.2, 0) is 0 Å². The van der Waals surface area contributed by atoms with Crippen molar-refractivity contribution in [1.82, 2.24) is 0 Å². The number of hydrogen-bond donors (Lipinski definition) is 0. The first-order valence-corrected chi connectivity index (χ1v) is 6.28. The molecule has 1 heteroatoms. The van der Waals surface area contributed by atoms with E-state index in [1.165, 1.54) is 12.8 Å². The van der Waals surface area contributed by atoms with E-state index in [2.05, 4.69) is 6.92 Å². The second-order valence-corrected chi connectivity index (χ2v) is 5.15. The maximum absolute atomic E-state index is 12.4. The molecule has 1 fully saturated rings. The molecule has 0 aliphatic heterocycles. The largest absolute Gasteiger partial charge is 0.294 e. The minimum atomic E-state index is 0.268. The molecule has 0 bridgehead atoms. The van der Waals surface area contributed by atoms with Gasteiger partial charge in [0.1, 0.15) is 0 Å². The molecule has 1 saturated carbocycles. The zero-order chi connectivity index (χ0) is 11.5. The topological polar surface area (TPSA) is 17.1 Å². The van der Waals surface area contributed by atoms with Crippen LogP contribution in [0.15, 0.2) is 24.3 Å². The van der Waals surface area contributed by atoms with Crippen molar-refractivity contribution in [1.29, 1.82) is 0 Å². The maximum Gasteiger partial charge on any atom is 0.166 e. The Balaban J connectivity index is 2.16. The van der Waals surface area contributed by atoms with Crippen LogP contribution in [0.2, 0.25) is 0 Å². The third kappa shape index (κ3) is 2.34. The van der Waals surface area contributed by atoms with E-state index in [0.29, 0.717) is 11.7 Å². The summed E-state index contributed by atoms with van der Waals surface area (Å²) in [5.41, 5.74) is 2.05. The molecule has 0 heterocycles. The molecule has 2 atom stereocenters. The minimum absolute atomic E-state index is 0.268. The molecule has 0 unspecified atom stereocenters. The fourth-order valence-electron chi connectivity index (χ4n) is 2.74. The molecule has 0 spiro atoms. The van der Waals surface area contributed by atoms with Crippen LogP contribution in [0.1, 0.15) is 48.5 Å². The molecule has 1 nitrogen and oxygen atoms in total. The van der Waals surface area contributed by atoms with Gasteiger partial charge in [-0.15, -0.1) is 0 Å². The van der Waals surface area contributed by atoms with E-state index >= 15 is 0 Å². The quantitative estimate of drug-likeness (QED) is 0.683. The van der Waals surface area contributed by atoms with Crippen LogP contribution in [0, 0.1) is 18.8 Å². The Morgan fingerprint density at radius 2 is 2.00 bits per heavy atom. The van der Waals surface area contributed by atoms with E-state index in [1.807, 2.05) is 31.2 Å². The summed E-state index contributed by atoms with van der Waals surface area (Å²) in [4.78, 5) is 12.4. The van der Waals surface area contributed by atoms with Gasteiger partial charge >= 0.3 is 0 Å². The predicted octanol–water partition coefficient (Wildman–Crippen LogP) is 4.00. The van der Waals surface area contributed by atoms with E-state index in [0.717, 1.165) is 24.0 Å². The minimum Gasteiger partial charge on any atom is -0.294 e. The predicted molar refractivity (Wildman–Crippen MR) is 66.6 cm³/mol. The molecule has 1 aromatic rings. The van der Waals surface area contributed by atoms with Crippen LogP contribution in [0.4, 0.5) is 0 Å². The van der Waals surface area contributed by atoms with Crippen LogP contribution in [0.3, 0.4) is 0 Å². The maximum atomic E-state index is 12.4. The highest BCUT2D eigenvalue weighted by Crippen LogP contribution is 2.31. The molecule has 2 rings (SSSR count). The number of carbonyl (C=O) groups excluding carboxylic acids is 1. The number of benzene rings is 1. The lowest BCUT2D eigenvalue weighted by molar-refractivity contribution is 0.0867. The zero-order valence-corrected chi connectivity index (χ0v) is 10.2. The molecular weight excluding hydrogens is 196 g/mol. The molecule has 1 aliphatic rings. The van der Waals surface area contributed by atoms with E-state index in [4.69, 9.17) is 0 Å². The number of aryl methyl sites for hydroxylation is 1. The van der Waals surface area contributed by atoms with E-state index in [1.54, 1.807) is 0 Å². The highest BCUT2D eigenvalue weighted by Gasteiger charge is 2.26. The lowest BCUT2D eigenvalue weighted by Crippen LogP contribution is -2.22. The second-order valence-electron chi connectivity index (χ2n) is 5.15. The van der Waals surface area contributed by atoms with Crippen LogP contribution in [0.5, 0.6) is 0 Å². The van der Waals surface area contributed by atoms with Crippen molar-refractivity contribution in [3.8, 4) is 0 Å². The Morgan fingerprint density at radius 3 is 2.69 bits per heavy atom. The molecule has 0 radical (unpaired) electrons. The van der Waals surface area contributed by atoms with Crippen LogP contribution in [-0.4, -0.2) is 5.78 Å². The van der Waals surface area contributed by atoms with Gasteiger partial charge in [0.05, 0.1) is 0 Å². The highest BCUT2D eigenvalue weighted by molar-refractivity contribution is 5.99. The van der Waals surface area contributed by atoms with E-state index in [-0.39, 0.29) is 5.92 Å². The third-order valence-electron chi connectivity index (χ3n) is 3.72. The van der Waals surface area contributed by atoms with Gasteiger partial charge < -0.3 is 0 Å². The van der Waals surface area contributed by atoms with Crippen molar-refractivity contribution in [2.24, 2.45) is 11.8 Å². The van der Waals surface area contributed by atoms with Gasteiger partial charge in [0, 0.05) is 11.5 Å². The first kappa shape index (κ1) is 11.4. The monoisotopic (exact) mass is 216 g/mol. The number of hydrogen-bond acceptors (Lipinski definition) is 1. The molecular formula is C15H20O. The Bertz CT molecular complexity index is 381.